The number of carbonyl (C=O) groups excluding carboxylic acids is 3. The topological polar surface area (TPSA) is 78.9 Å². The quantitative estimate of drug-likeness (QED) is 0.0261. The van der Waals surface area contributed by atoms with Crippen LogP contribution in [0.15, 0.2) is 146 Å². The van der Waals surface area contributed by atoms with Crippen LogP contribution in [-0.2, 0) is 28.6 Å². The van der Waals surface area contributed by atoms with E-state index >= 15 is 0 Å². The standard InChI is InChI=1S/C69H110O6/c1-4-7-10-13-16-19-21-23-24-25-26-27-28-29-30-31-32-33-34-35-36-37-38-39-40-41-42-43-44-46-47-50-53-56-59-62-68(71)74-65-66(64-73-67(70)61-58-55-52-49-18-15-12-9-6-3)75-69(72)63-60-57-54-51-48-45-22-20-17-14-11-8-5-2/h7-8,10-11,16-17,19-20,23-24,26-27,29-30,32-33,35-36,38-39,45,48,54,57,66H,4-6,9,12-15,18,21-22,25,28,31,34,37,40-44,46-47,49-53,55-56,58-65H2,1-3H3/b10-7-,11-8-,19-16-,20-17-,24-23-,27-26-,30-29-,33-32-,36-35-,39-38-,48-45-,57-54-. The Labute approximate surface area is 461 Å². The fourth-order valence-electron chi connectivity index (χ4n) is 7.88. The summed E-state index contributed by atoms with van der Waals surface area (Å²) < 4.78 is 16.7. The van der Waals surface area contributed by atoms with Gasteiger partial charge >= 0.3 is 17.9 Å². The monoisotopic (exact) mass is 1030 g/mol. The van der Waals surface area contributed by atoms with E-state index in [1.165, 1.54) is 83.5 Å². The Morgan fingerprint density at radius 2 is 0.547 bits per heavy atom. The maximum atomic E-state index is 12.8. The first kappa shape index (κ1) is 70.3. The summed E-state index contributed by atoms with van der Waals surface area (Å²) in [6, 6.07) is 0. The van der Waals surface area contributed by atoms with E-state index in [4.69, 9.17) is 14.2 Å². The van der Waals surface area contributed by atoms with Gasteiger partial charge in [-0.05, 0) is 109 Å². The van der Waals surface area contributed by atoms with E-state index in [-0.39, 0.29) is 31.6 Å². The highest BCUT2D eigenvalue weighted by atomic mass is 16.6. The van der Waals surface area contributed by atoms with Crippen molar-refractivity contribution in [3.63, 3.8) is 0 Å². The maximum absolute atomic E-state index is 12.8. The smallest absolute Gasteiger partial charge is 0.306 e. The van der Waals surface area contributed by atoms with Gasteiger partial charge in [-0.25, -0.2) is 0 Å². The van der Waals surface area contributed by atoms with Gasteiger partial charge in [0.25, 0.3) is 0 Å². The molecule has 0 N–H and O–H groups in total. The predicted octanol–water partition coefficient (Wildman–Crippen LogP) is 20.8. The number of rotatable bonds is 53. The SMILES string of the molecule is CC/C=C\C/C=C\C/C=C\C/C=C\C/C=C\C/C=C\C/C=C\C/C=C\CCCCCCCCCCCCC(=O)OCC(COC(=O)CCCCCCCCCCC)OC(=O)CC/C=C\C/C=C\C/C=C\C/C=C\CC. The number of unbranched alkanes of at least 4 members (excludes halogenated alkanes) is 18. The minimum Gasteiger partial charge on any atom is -0.462 e. The molecule has 75 heavy (non-hydrogen) atoms. The second kappa shape index (κ2) is 61.8. The number of esters is 3. The van der Waals surface area contributed by atoms with Crippen LogP contribution < -0.4 is 0 Å². The number of ether oxygens (including phenoxy) is 3. The molecular formula is C69H110O6. The molecule has 1 unspecified atom stereocenters. The molecule has 0 aromatic rings. The van der Waals surface area contributed by atoms with Crippen molar-refractivity contribution in [2.24, 2.45) is 0 Å². The molecule has 6 nitrogen and oxygen atoms in total. The van der Waals surface area contributed by atoms with Crippen LogP contribution in [0.5, 0.6) is 0 Å². The lowest BCUT2D eigenvalue weighted by Gasteiger charge is -2.18. The normalized spacial score (nSPS) is 13.2. The Bertz CT molecular complexity index is 1660. The zero-order valence-corrected chi connectivity index (χ0v) is 48.3. The average Bonchev–Trinajstić information content (AvgIpc) is 3.41. The second-order valence-corrected chi connectivity index (χ2v) is 19.5. The van der Waals surface area contributed by atoms with E-state index in [1.54, 1.807) is 0 Å². The number of carbonyl (C=O) groups is 3. The summed E-state index contributed by atoms with van der Waals surface area (Å²) in [5.74, 6) is -1.00. The Kier molecular flexibility index (Phi) is 58.0. The highest BCUT2D eigenvalue weighted by Gasteiger charge is 2.19. The summed E-state index contributed by atoms with van der Waals surface area (Å²) >= 11 is 0. The number of allylic oxidation sites excluding steroid dienone is 24. The number of hydrogen-bond donors (Lipinski definition) is 0. The Hall–Kier alpha value is -4.71. The summed E-state index contributed by atoms with van der Waals surface area (Å²) in [5, 5.41) is 0. The van der Waals surface area contributed by atoms with Crippen LogP contribution in [0.2, 0.25) is 0 Å². The molecule has 0 fully saturated rings. The molecule has 0 radical (unpaired) electrons. The van der Waals surface area contributed by atoms with Gasteiger partial charge in [-0.1, -0.05) is 269 Å². The summed E-state index contributed by atoms with van der Waals surface area (Å²) in [6.07, 6.45) is 88.8. The van der Waals surface area contributed by atoms with Gasteiger partial charge in [-0.3, -0.25) is 14.4 Å². The molecule has 0 aromatic heterocycles. The van der Waals surface area contributed by atoms with Crippen molar-refractivity contribution in [1.29, 1.82) is 0 Å². The zero-order valence-electron chi connectivity index (χ0n) is 48.3. The van der Waals surface area contributed by atoms with Crippen LogP contribution in [0.25, 0.3) is 0 Å². The minimum atomic E-state index is -0.819. The molecule has 0 aliphatic carbocycles. The molecule has 0 saturated carbocycles. The lowest BCUT2D eigenvalue weighted by molar-refractivity contribution is -0.166. The number of hydrogen-bond acceptors (Lipinski definition) is 6. The van der Waals surface area contributed by atoms with Crippen molar-refractivity contribution in [2.45, 2.75) is 258 Å². The first-order valence-corrected chi connectivity index (χ1v) is 30.3. The third-order valence-electron chi connectivity index (χ3n) is 12.4. The highest BCUT2D eigenvalue weighted by Crippen LogP contribution is 2.14. The van der Waals surface area contributed by atoms with E-state index in [0.29, 0.717) is 19.3 Å². The van der Waals surface area contributed by atoms with E-state index in [0.717, 1.165) is 122 Å². The Balaban J connectivity index is 4.17. The van der Waals surface area contributed by atoms with Crippen LogP contribution in [0.4, 0.5) is 0 Å². The third kappa shape index (κ3) is 60.0. The summed E-state index contributed by atoms with van der Waals surface area (Å²) in [5.41, 5.74) is 0. The molecule has 0 aromatic carbocycles. The van der Waals surface area contributed by atoms with E-state index in [2.05, 4.69) is 154 Å². The van der Waals surface area contributed by atoms with Gasteiger partial charge in [0.1, 0.15) is 13.2 Å². The summed E-state index contributed by atoms with van der Waals surface area (Å²) in [6.45, 7) is 6.31. The van der Waals surface area contributed by atoms with Crippen molar-refractivity contribution in [2.75, 3.05) is 13.2 Å². The van der Waals surface area contributed by atoms with Gasteiger partial charge in [-0.15, -0.1) is 0 Å². The molecule has 0 saturated heterocycles. The highest BCUT2D eigenvalue weighted by molar-refractivity contribution is 5.71. The van der Waals surface area contributed by atoms with Crippen molar-refractivity contribution in [3.8, 4) is 0 Å². The van der Waals surface area contributed by atoms with Gasteiger partial charge in [0.2, 0.25) is 0 Å². The average molecular weight is 1040 g/mol. The lowest BCUT2D eigenvalue weighted by Crippen LogP contribution is -2.30. The molecule has 0 amide bonds. The third-order valence-corrected chi connectivity index (χ3v) is 12.4. The van der Waals surface area contributed by atoms with Crippen LogP contribution >= 0.6 is 0 Å². The van der Waals surface area contributed by atoms with Crippen molar-refractivity contribution in [1.82, 2.24) is 0 Å². The fourth-order valence-corrected chi connectivity index (χ4v) is 7.88. The van der Waals surface area contributed by atoms with Gasteiger partial charge in [0, 0.05) is 19.3 Å². The molecule has 6 heteroatoms. The molecule has 0 bridgehead atoms. The van der Waals surface area contributed by atoms with Gasteiger partial charge in [0.15, 0.2) is 6.10 Å². The first-order valence-electron chi connectivity index (χ1n) is 30.3. The van der Waals surface area contributed by atoms with Crippen LogP contribution in [-0.4, -0.2) is 37.2 Å². The van der Waals surface area contributed by atoms with E-state index < -0.39 is 12.1 Å². The molecule has 0 rings (SSSR count). The van der Waals surface area contributed by atoms with Crippen LogP contribution in [0.3, 0.4) is 0 Å². The van der Waals surface area contributed by atoms with Crippen molar-refractivity contribution >= 4 is 17.9 Å². The fraction of sp³-hybridized carbons (Fsp3) is 0.609. The Morgan fingerprint density at radius 3 is 0.867 bits per heavy atom. The Morgan fingerprint density at radius 1 is 0.280 bits per heavy atom. The molecule has 0 heterocycles. The summed E-state index contributed by atoms with van der Waals surface area (Å²) in [4.78, 5) is 38.0. The largest absolute Gasteiger partial charge is 0.462 e. The van der Waals surface area contributed by atoms with Gasteiger partial charge < -0.3 is 14.2 Å². The summed E-state index contributed by atoms with van der Waals surface area (Å²) in [7, 11) is 0. The van der Waals surface area contributed by atoms with Crippen LogP contribution in [0.1, 0.15) is 252 Å². The predicted molar refractivity (Wildman–Crippen MR) is 325 cm³/mol. The minimum absolute atomic E-state index is 0.110. The zero-order chi connectivity index (χ0) is 54.3. The first-order chi connectivity index (χ1) is 37.0. The molecule has 0 aliphatic heterocycles. The van der Waals surface area contributed by atoms with Crippen molar-refractivity contribution in [3.05, 3.63) is 146 Å². The molecule has 422 valence electrons. The molecular weight excluding hydrogens is 925 g/mol. The van der Waals surface area contributed by atoms with Crippen molar-refractivity contribution < 1.29 is 28.6 Å². The van der Waals surface area contributed by atoms with Gasteiger partial charge in [0.05, 0.1) is 0 Å². The van der Waals surface area contributed by atoms with Crippen LogP contribution in [0, 0.1) is 0 Å². The molecule has 0 aliphatic rings. The molecule has 1 atom stereocenters. The van der Waals surface area contributed by atoms with E-state index in [9.17, 15) is 14.4 Å². The maximum Gasteiger partial charge on any atom is 0.306 e. The lowest BCUT2D eigenvalue weighted by atomic mass is 10.1. The van der Waals surface area contributed by atoms with E-state index in [1.807, 2.05) is 12.2 Å². The van der Waals surface area contributed by atoms with Gasteiger partial charge in [-0.2, -0.15) is 0 Å². The molecule has 0 spiro atoms. The second-order valence-electron chi connectivity index (χ2n) is 19.5.